The van der Waals surface area contributed by atoms with E-state index in [0.29, 0.717) is 10.2 Å². The minimum Gasteiger partial charge on any atom is -0.496 e. The molecule has 1 N–H and O–H groups in total. The summed E-state index contributed by atoms with van der Waals surface area (Å²) in [7, 11) is 1.57. The minimum absolute atomic E-state index is 0.0251. The van der Waals surface area contributed by atoms with Gasteiger partial charge in [-0.1, -0.05) is 6.92 Å². The number of methoxy groups -OCH3 is 1. The summed E-state index contributed by atoms with van der Waals surface area (Å²) in [6.07, 6.45) is 4.44. The molecule has 0 spiro atoms. The van der Waals surface area contributed by atoms with Crippen LogP contribution in [0, 0.1) is 5.82 Å². The van der Waals surface area contributed by atoms with Gasteiger partial charge in [-0.25, -0.2) is 4.39 Å². The maximum Gasteiger partial charge on any atom is 0.141 e. The van der Waals surface area contributed by atoms with Gasteiger partial charge in [0.05, 0.1) is 23.7 Å². The Kier molecular flexibility index (Phi) is 6.45. The third kappa shape index (κ3) is 4.18. The second-order valence-corrected chi connectivity index (χ2v) is 6.20. The fourth-order valence-corrected chi connectivity index (χ4v) is 3.09. The van der Waals surface area contributed by atoms with Gasteiger partial charge >= 0.3 is 0 Å². The highest BCUT2D eigenvalue weighted by Gasteiger charge is 2.28. The molecule has 1 aliphatic rings. The Balaban J connectivity index is 2.32. The van der Waals surface area contributed by atoms with E-state index in [2.05, 4.69) is 28.2 Å². The summed E-state index contributed by atoms with van der Waals surface area (Å²) in [5.74, 6) is 0.257. The predicted molar refractivity (Wildman–Crippen MR) is 85.3 cm³/mol. The molecule has 5 heteroatoms. The lowest BCUT2D eigenvalue weighted by Gasteiger charge is -2.32. The maximum absolute atomic E-state index is 13.7. The average Bonchev–Trinajstić information content (AvgIpc) is 2.51. The molecule has 1 saturated heterocycles. The summed E-state index contributed by atoms with van der Waals surface area (Å²) < 4.78 is 25.5. The van der Waals surface area contributed by atoms with Crippen molar-refractivity contribution in [2.75, 3.05) is 20.3 Å². The van der Waals surface area contributed by atoms with Crippen molar-refractivity contribution >= 4 is 15.9 Å². The van der Waals surface area contributed by atoms with E-state index in [9.17, 15) is 4.39 Å². The van der Waals surface area contributed by atoms with Gasteiger partial charge < -0.3 is 14.8 Å². The number of benzene rings is 1. The van der Waals surface area contributed by atoms with Crippen LogP contribution in [-0.2, 0) is 4.74 Å². The van der Waals surface area contributed by atoms with E-state index in [1.807, 2.05) is 0 Å². The van der Waals surface area contributed by atoms with Crippen LogP contribution < -0.4 is 10.1 Å². The minimum atomic E-state index is -0.311. The summed E-state index contributed by atoms with van der Waals surface area (Å²) in [5.41, 5.74) is 0.950. The number of hydrogen-bond acceptors (Lipinski definition) is 3. The van der Waals surface area contributed by atoms with Crippen LogP contribution in [0.5, 0.6) is 5.75 Å². The Hall–Kier alpha value is -0.650. The fourth-order valence-electron chi connectivity index (χ4n) is 2.73. The molecule has 0 amide bonds. The van der Waals surface area contributed by atoms with Crippen LogP contribution in [0.4, 0.5) is 4.39 Å². The summed E-state index contributed by atoms with van der Waals surface area (Å²) in [5, 5.41) is 3.53. The van der Waals surface area contributed by atoms with Gasteiger partial charge in [0.15, 0.2) is 0 Å². The average molecular weight is 360 g/mol. The van der Waals surface area contributed by atoms with E-state index in [1.165, 1.54) is 12.5 Å². The lowest BCUT2D eigenvalue weighted by atomic mass is 9.94. The molecule has 0 saturated carbocycles. The van der Waals surface area contributed by atoms with Gasteiger partial charge in [0.2, 0.25) is 0 Å². The van der Waals surface area contributed by atoms with Crippen LogP contribution in [0.1, 0.15) is 44.2 Å². The largest absolute Gasteiger partial charge is 0.496 e. The first-order valence-corrected chi connectivity index (χ1v) is 8.34. The molecule has 2 unspecified atom stereocenters. The highest BCUT2D eigenvalue weighted by molar-refractivity contribution is 9.10. The van der Waals surface area contributed by atoms with Crippen molar-refractivity contribution < 1.29 is 13.9 Å². The zero-order chi connectivity index (χ0) is 15.2. The lowest BCUT2D eigenvalue weighted by Crippen LogP contribution is -2.36. The summed E-state index contributed by atoms with van der Waals surface area (Å²) >= 11 is 3.27. The Bertz CT molecular complexity index is 464. The normalized spacial score (nSPS) is 20.3. The smallest absolute Gasteiger partial charge is 0.141 e. The Morgan fingerprint density at radius 2 is 2.29 bits per heavy atom. The zero-order valence-corrected chi connectivity index (χ0v) is 14.2. The van der Waals surface area contributed by atoms with Crippen molar-refractivity contribution in [3.63, 3.8) is 0 Å². The maximum atomic E-state index is 13.7. The number of hydrogen-bond donors (Lipinski definition) is 1. The molecule has 0 aliphatic carbocycles. The topological polar surface area (TPSA) is 30.5 Å². The molecule has 118 valence electrons. The van der Waals surface area contributed by atoms with Gasteiger partial charge in [0, 0.05) is 18.2 Å². The van der Waals surface area contributed by atoms with Gasteiger partial charge in [-0.05, 0) is 54.2 Å². The highest BCUT2D eigenvalue weighted by atomic mass is 79.9. The van der Waals surface area contributed by atoms with Crippen molar-refractivity contribution in [1.82, 2.24) is 5.32 Å². The molecule has 1 heterocycles. The standard InChI is InChI=1S/C16H23BrFNO2/c1-3-7-19-16(14-6-4-5-8-21-14)11-9-12(17)13(18)10-15(11)20-2/h9-10,14,16,19H,3-8H2,1-2H3. The lowest BCUT2D eigenvalue weighted by molar-refractivity contribution is -0.00862. The molecule has 0 aromatic heterocycles. The van der Waals surface area contributed by atoms with Gasteiger partial charge in [0.1, 0.15) is 11.6 Å². The van der Waals surface area contributed by atoms with Crippen molar-refractivity contribution in [3.8, 4) is 5.75 Å². The molecule has 1 aliphatic heterocycles. The van der Waals surface area contributed by atoms with E-state index >= 15 is 0 Å². The molecule has 2 rings (SSSR count). The summed E-state index contributed by atoms with van der Waals surface area (Å²) in [6.45, 7) is 3.81. The van der Waals surface area contributed by atoms with Crippen LogP contribution in [-0.4, -0.2) is 26.4 Å². The quantitative estimate of drug-likeness (QED) is 0.825. The second kappa shape index (κ2) is 8.11. The van der Waals surface area contributed by atoms with Crippen LogP contribution >= 0.6 is 15.9 Å². The van der Waals surface area contributed by atoms with E-state index < -0.39 is 0 Å². The molecule has 2 atom stereocenters. The molecule has 3 nitrogen and oxygen atoms in total. The van der Waals surface area contributed by atoms with Crippen LogP contribution in [0.3, 0.4) is 0 Å². The zero-order valence-electron chi connectivity index (χ0n) is 12.6. The first kappa shape index (κ1) is 16.7. The number of rotatable bonds is 6. The monoisotopic (exact) mass is 359 g/mol. The van der Waals surface area contributed by atoms with Crippen LogP contribution in [0.15, 0.2) is 16.6 Å². The van der Waals surface area contributed by atoms with E-state index in [1.54, 1.807) is 13.2 Å². The third-order valence-electron chi connectivity index (χ3n) is 3.81. The Morgan fingerprint density at radius 1 is 1.48 bits per heavy atom. The molecule has 0 radical (unpaired) electrons. The molecule has 21 heavy (non-hydrogen) atoms. The highest BCUT2D eigenvalue weighted by Crippen LogP contribution is 2.35. The predicted octanol–water partition coefficient (Wildman–Crippen LogP) is 4.21. The first-order valence-electron chi connectivity index (χ1n) is 7.55. The Labute approximate surface area is 134 Å². The van der Waals surface area contributed by atoms with Gasteiger partial charge in [-0.15, -0.1) is 0 Å². The molecule has 1 fully saturated rings. The van der Waals surface area contributed by atoms with E-state index in [0.717, 1.165) is 38.0 Å². The summed E-state index contributed by atoms with van der Waals surface area (Å²) in [6, 6.07) is 3.26. The number of halogens is 2. The van der Waals surface area contributed by atoms with Crippen LogP contribution in [0.2, 0.25) is 0 Å². The van der Waals surface area contributed by atoms with E-state index in [4.69, 9.17) is 9.47 Å². The summed E-state index contributed by atoms with van der Waals surface area (Å²) in [4.78, 5) is 0. The second-order valence-electron chi connectivity index (χ2n) is 5.35. The fraction of sp³-hybridized carbons (Fsp3) is 0.625. The molecular weight excluding hydrogens is 337 g/mol. The molecule has 1 aromatic rings. The van der Waals surface area contributed by atoms with Crippen molar-refractivity contribution in [2.24, 2.45) is 0 Å². The van der Waals surface area contributed by atoms with Crippen molar-refractivity contribution in [2.45, 2.75) is 44.8 Å². The van der Waals surface area contributed by atoms with Gasteiger partial charge in [-0.2, -0.15) is 0 Å². The SMILES string of the molecule is CCCNC(c1cc(Br)c(F)cc1OC)C1CCCCO1. The van der Waals surface area contributed by atoms with Gasteiger partial charge in [0.25, 0.3) is 0 Å². The first-order chi connectivity index (χ1) is 10.2. The van der Waals surface area contributed by atoms with E-state index in [-0.39, 0.29) is 18.0 Å². The molecule has 1 aromatic carbocycles. The molecular formula is C16H23BrFNO2. The van der Waals surface area contributed by atoms with Crippen molar-refractivity contribution in [1.29, 1.82) is 0 Å². The number of nitrogens with one attached hydrogen (secondary N) is 1. The molecule has 0 bridgehead atoms. The van der Waals surface area contributed by atoms with Crippen LogP contribution in [0.25, 0.3) is 0 Å². The number of ether oxygens (including phenoxy) is 2. The van der Waals surface area contributed by atoms with Crippen molar-refractivity contribution in [3.05, 3.63) is 28.0 Å². The van der Waals surface area contributed by atoms with Gasteiger partial charge in [-0.3, -0.25) is 0 Å². The Morgan fingerprint density at radius 3 is 2.90 bits per heavy atom. The third-order valence-corrected chi connectivity index (χ3v) is 4.42.